The van der Waals surface area contributed by atoms with E-state index in [0.717, 1.165) is 39.2 Å². The molecule has 0 saturated carbocycles. The third-order valence-corrected chi connectivity index (χ3v) is 5.08. The van der Waals surface area contributed by atoms with Crippen LogP contribution in [0.3, 0.4) is 0 Å². The highest BCUT2D eigenvalue weighted by molar-refractivity contribution is 4.49. The zero-order valence-corrected chi connectivity index (χ0v) is 20.1. The number of aliphatic hydroxyl groups excluding tert-OH is 4. The Morgan fingerprint density at radius 2 is 0.483 bits per heavy atom. The molecule has 4 heteroatoms. The molecule has 0 spiro atoms. The fraction of sp³-hybridized carbons (Fsp3) is 1.00. The number of rotatable bonds is 21. The van der Waals surface area contributed by atoms with Crippen molar-refractivity contribution in [1.82, 2.24) is 0 Å². The molecule has 0 amide bonds. The minimum Gasteiger partial charge on any atom is -0.400 e. The van der Waals surface area contributed by atoms with Crippen LogP contribution in [-0.4, -0.2) is 47.4 Å². The van der Waals surface area contributed by atoms with Crippen LogP contribution in [0.4, 0.5) is 0 Å². The third-order valence-electron chi connectivity index (χ3n) is 5.08. The van der Waals surface area contributed by atoms with E-state index in [-0.39, 0.29) is 13.2 Å². The lowest BCUT2D eigenvalue weighted by atomic mass is 10.0. The Morgan fingerprint density at radius 3 is 0.655 bits per heavy atom. The van der Waals surface area contributed by atoms with Crippen LogP contribution in [0.2, 0.25) is 0 Å². The molecule has 0 aromatic carbocycles. The van der Waals surface area contributed by atoms with Gasteiger partial charge in [0.05, 0.1) is 0 Å². The van der Waals surface area contributed by atoms with Crippen LogP contribution in [0.1, 0.15) is 135 Å². The van der Waals surface area contributed by atoms with E-state index in [4.69, 9.17) is 20.4 Å². The fourth-order valence-corrected chi connectivity index (χ4v) is 3.24. The second-order valence-corrected chi connectivity index (χ2v) is 7.89. The van der Waals surface area contributed by atoms with Crippen LogP contribution >= 0.6 is 0 Å². The van der Waals surface area contributed by atoms with Gasteiger partial charge in [-0.25, -0.2) is 0 Å². The minimum atomic E-state index is 0.283. The summed E-state index contributed by atoms with van der Waals surface area (Å²) in [6.45, 7) is 3.22. The molecule has 0 saturated heterocycles. The molecule has 0 rings (SSSR count). The van der Waals surface area contributed by atoms with Crippen molar-refractivity contribution in [2.45, 2.75) is 135 Å². The highest BCUT2D eigenvalue weighted by Crippen LogP contribution is 2.13. The molecule has 0 aromatic rings. The first-order valence-electron chi connectivity index (χ1n) is 12.6. The molecule has 4 N–H and O–H groups in total. The Balaban J connectivity index is -0.000000564. The average molecular weight is 421 g/mol. The van der Waals surface area contributed by atoms with Crippen molar-refractivity contribution >= 4 is 0 Å². The van der Waals surface area contributed by atoms with E-state index in [1.165, 1.54) is 96.3 Å². The summed E-state index contributed by atoms with van der Waals surface area (Å²) in [5.41, 5.74) is 0. The quantitative estimate of drug-likeness (QED) is 0.162. The van der Waals surface area contributed by atoms with Gasteiger partial charge in [0.1, 0.15) is 0 Å². The number of hydrogen-bond donors (Lipinski definition) is 4. The Labute approximate surface area is 183 Å². The summed E-state index contributed by atoms with van der Waals surface area (Å²) in [6, 6.07) is 0. The van der Waals surface area contributed by atoms with E-state index in [2.05, 4.69) is 6.92 Å². The van der Waals surface area contributed by atoms with Gasteiger partial charge in [-0.05, 0) is 19.3 Å². The molecule has 29 heavy (non-hydrogen) atoms. The minimum absolute atomic E-state index is 0.283. The maximum Gasteiger partial charge on any atom is 0.0431 e. The Morgan fingerprint density at radius 1 is 0.310 bits per heavy atom. The van der Waals surface area contributed by atoms with Gasteiger partial charge in [-0.3, -0.25) is 0 Å². The van der Waals surface area contributed by atoms with Gasteiger partial charge in [-0.15, -0.1) is 0 Å². The van der Waals surface area contributed by atoms with Gasteiger partial charge in [-0.2, -0.15) is 0 Å². The molecular weight excluding hydrogens is 364 g/mol. The number of unbranched alkanes of at least 4 members (excludes halogenated alkanes) is 18. The SMILES string of the molecule is CCCCCCCCCCCCCCCCCCO.CO.OCCCCCCO. The van der Waals surface area contributed by atoms with E-state index >= 15 is 0 Å². The molecule has 0 heterocycles. The van der Waals surface area contributed by atoms with Gasteiger partial charge < -0.3 is 20.4 Å². The van der Waals surface area contributed by atoms with Gasteiger partial charge >= 0.3 is 0 Å². The Kier molecular flexibility index (Phi) is 44.4. The number of aliphatic hydroxyl groups is 4. The molecule has 0 aliphatic carbocycles. The van der Waals surface area contributed by atoms with Crippen molar-refractivity contribution in [3.05, 3.63) is 0 Å². The molecule has 0 fully saturated rings. The Bertz CT molecular complexity index is 203. The van der Waals surface area contributed by atoms with E-state index in [9.17, 15) is 0 Å². The maximum atomic E-state index is 8.67. The first kappa shape index (κ1) is 33.5. The van der Waals surface area contributed by atoms with E-state index in [1.807, 2.05) is 0 Å². The van der Waals surface area contributed by atoms with Crippen LogP contribution in [0.15, 0.2) is 0 Å². The van der Waals surface area contributed by atoms with Gasteiger partial charge in [0, 0.05) is 26.9 Å². The summed E-state index contributed by atoms with van der Waals surface area (Å²) >= 11 is 0. The van der Waals surface area contributed by atoms with Gasteiger partial charge in [0.25, 0.3) is 0 Å². The van der Waals surface area contributed by atoms with Crippen molar-refractivity contribution in [3.8, 4) is 0 Å². The second-order valence-electron chi connectivity index (χ2n) is 7.89. The lowest BCUT2D eigenvalue weighted by Gasteiger charge is -2.03. The molecule has 0 radical (unpaired) electrons. The predicted molar refractivity (Wildman–Crippen MR) is 127 cm³/mol. The zero-order valence-electron chi connectivity index (χ0n) is 20.1. The molecule has 0 aliphatic heterocycles. The fourth-order valence-electron chi connectivity index (χ4n) is 3.24. The van der Waals surface area contributed by atoms with Crippen molar-refractivity contribution in [1.29, 1.82) is 0 Å². The monoisotopic (exact) mass is 420 g/mol. The molecule has 0 bridgehead atoms. The van der Waals surface area contributed by atoms with Crippen LogP contribution in [-0.2, 0) is 0 Å². The molecule has 4 nitrogen and oxygen atoms in total. The van der Waals surface area contributed by atoms with Gasteiger partial charge in [-0.1, -0.05) is 116 Å². The second kappa shape index (κ2) is 38.4. The van der Waals surface area contributed by atoms with Crippen molar-refractivity contribution in [3.63, 3.8) is 0 Å². The first-order valence-corrected chi connectivity index (χ1v) is 12.6. The highest BCUT2D eigenvalue weighted by atomic mass is 16.3. The largest absolute Gasteiger partial charge is 0.400 e. The lowest BCUT2D eigenvalue weighted by Crippen LogP contribution is -1.85. The standard InChI is InChI=1S/C18H38O.C6H14O2.CH4O/c1-2-3-4-5-6-7-8-9-10-11-12-13-14-15-16-17-18-19;7-5-3-1-2-4-6-8;1-2/h19H,2-18H2,1H3;7-8H,1-6H2;2H,1H3. The molecular formula is C25H56O4. The molecule has 0 atom stereocenters. The van der Waals surface area contributed by atoms with Crippen LogP contribution in [0, 0.1) is 0 Å². The summed E-state index contributed by atoms with van der Waals surface area (Å²) in [6.07, 6.45) is 26.0. The molecule has 180 valence electrons. The normalized spacial score (nSPS) is 10.1. The van der Waals surface area contributed by atoms with Crippen molar-refractivity contribution in [2.75, 3.05) is 26.9 Å². The van der Waals surface area contributed by atoms with Gasteiger partial charge in [0.15, 0.2) is 0 Å². The van der Waals surface area contributed by atoms with E-state index in [0.29, 0.717) is 6.61 Å². The maximum absolute atomic E-state index is 8.67. The molecule has 0 aromatic heterocycles. The smallest absolute Gasteiger partial charge is 0.0431 e. The summed E-state index contributed by atoms with van der Waals surface area (Å²) in [5.74, 6) is 0. The molecule has 0 aliphatic rings. The Hall–Kier alpha value is -0.160. The first-order chi connectivity index (χ1) is 14.3. The summed E-state index contributed by atoms with van der Waals surface area (Å²) in [5, 5.41) is 32.3. The third kappa shape index (κ3) is 42.8. The van der Waals surface area contributed by atoms with Crippen LogP contribution < -0.4 is 0 Å². The number of hydrogen-bond acceptors (Lipinski definition) is 4. The van der Waals surface area contributed by atoms with Crippen molar-refractivity contribution < 1.29 is 20.4 Å². The lowest BCUT2D eigenvalue weighted by molar-refractivity contribution is 0.265. The summed E-state index contributed by atoms with van der Waals surface area (Å²) in [4.78, 5) is 0. The molecule has 0 unspecified atom stereocenters. The topological polar surface area (TPSA) is 80.9 Å². The highest BCUT2D eigenvalue weighted by Gasteiger charge is 1.94. The van der Waals surface area contributed by atoms with E-state index < -0.39 is 0 Å². The summed E-state index contributed by atoms with van der Waals surface area (Å²) in [7, 11) is 1.00. The van der Waals surface area contributed by atoms with Gasteiger partial charge in [0.2, 0.25) is 0 Å². The van der Waals surface area contributed by atoms with E-state index in [1.54, 1.807) is 0 Å². The predicted octanol–water partition coefficient (Wildman–Crippen LogP) is 6.38. The van der Waals surface area contributed by atoms with Crippen LogP contribution in [0.5, 0.6) is 0 Å². The average Bonchev–Trinajstić information content (AvgIpc) is 2.76. The zero-order chi connectivity index (χ0) is 22.3. The van der Waals surface area contributed by atoms with Crippen LogP contribution in [0.25, 0.3) is 0 Å². The summed E-state index contributed by atoms with van der Waals surface area (Å²) < 4.78 is 0. The van der Waals surface area contributed by atoms with Crippen molar-refractivity contribution in [2.24, 2.45) is 0 Å².